The van der Waals surface area contributed by atoms with Crippen molar-refractivity contribution in [2.24, 2.45) is 0 Å². The van der Waals surface area contributed by atoms with Crippen LogP contribution >= 0.6 is 0 Å². The first-order chi connectivity index (χ1) is 35.5. The van der Waals surface area contributed by atoms with Gasteiger partial charge in [0.2, 0.25) is 0 Å². The molecule has 340 valence electrons. The number of furan rings is 1. The highest BCUT2D eigenvalue weighted by molar-refractivity contribution is 7.03. The average Bonchev–Trinajstić information content (AvgIpc) is 3.83. The van der Waals surface area contributed by atoms with Crippen LogP contribution in [-0.2, 0) is 0 Å². The van der Waals surface area contributed by atoms with Gasteiger partial charge in [-0.1, -0.05) is 207 Å². The van der Waals surface area contributed by atoms with Gasteiger partial charge in [0, 0.05) is 38.7 Å². The SMILES string of the molecule is C[Si]1(C)c2cc(N(c3ccccc3)c3ccccc3-c3ccccc3)ccc2-c2cc3c4ccccc4c(N(c4ccccc4-c4ccccc4)c4cccc5c4oc4ccccc45)cc3c3cccc1c23. The molecule has 1 aliphatic rings. The van der Waals surface area contributed by atoms with Gasteiger partial charge in [-0.2, -0.15) is 0 Å². The van der Waals surface area contributed by atoms with E-state index in [-0.39, 0.29) is 0 Å². The fraction of sp³-hybridized carbons (Fsp3) is 0.0294. The van der Waals surface area contributed by atoms with Crippen LogP contribution in [0.5, 0.6) is 0 Å². The van der Waals surface area contributed by atoms with Gasteiger partial charge in [-0.25, -0.2) is 0 Å². The Kier molecular flexibility index (Phi) is 9.67. The highest BCUT2D eigenvalue weighted by atomic mass is 28.3. The van der Waals surface area contributed by atoms with Crippen LogP contribution in [-0.4, -0.2) is 8.07 Å². The molecule has 0 unspecified atom stereocenters. The van der Waals surface area contributed by atoms with E-state index in [2.05, 4.69) is 278 Å². The maximum Gasteiger partial charge on any atom is 0.159 e. The van der Waals surface area contributed by atoms with E-state index in [0.29, 0.717) is 0 Å². The lowest BCUT2D eigenvalue weighted by atomic mass is 9.89. The molecule has 4 heteroatoms. The standard InChI is InChI=1S/C68H48N2OSi/c1-72(2)65-39-21-33-55-58-44-63(70(61-36-18-15-29-50(61)46-24-8-4-9-25-46)62-37-20-34-56-53-32-16-19-38-64(53)71-68(56)62)52-31-13-12-30-51(52)57(58)43-59(67(55)65)54-41-40-48(42-66(54)72)69(47-26-10-5-11-27-47)60-35-17-14-28-49(60)45-22-6-3-7-23-45/h3-44H,1-2H3. The Labute approximate surface area is 420 Å². The minimum absolute atomic E-state index is 0.862. The zero-order valence-corrected chi connectivity index (χ0v) is 41.1. The highest BCUT2D eigenvalue weighted by Gasteiger charge is 2.37. The summed E-state index contributed by atoms with van der Waals surface area (Å²) in [6, 6.07) is 93.3. The summed E-state index contributed by atoms with van der Waals surface area (Å²) in [7, 11) is -2.34. The number of hydrogen-bond donors (Lipinski definition) is 0. The van der Waals surface area contributed by atoms with Crippen LogP contribution in [0.3, 0.4) is 0 Å². The van der Waals surface area contributed by atoms with E-state index < -0.39 is 8.07 Å². The van der Waals surface area contributed by atoms with Crippen molar-refractivity contribution in [2.75, 3.05) is 9.80 Å². The first-order valence-electron chi connectivity index (χ1n) is 24.9. The van der Waals surface area contributed by atoms with Gasteiger partial charge < -0.3 is 14.2 Å². The molecule has 0 bridgehead atoms. The average molecular weight is 937 g/mol. The molecule has 2 heterocycles. The van der Waals surface area contributed by atoms with Gasteiger partial charge in [0.1, 0.15) is 13.7 Å². The fourth-order valence-corrected chi connectivity index (χ4v) is 15.0. The Morgan fingerprint density at radius 2 is 0.847 bits per heavy atom. The van der Waals surface area contributed by atoms with E-state index >= 15 is 0 Å². The van der Waals surface area contributed by atoms with Crippen LogP contribution in [0.1, 0.15) is 0 Å². The van der Waals surface area contributed by atoms with Gasteiger partial charge in [0.05, 0.1) is 22.7 Å². The molecular weight excluding hydrogens is 889 g/mol. The molecule has 72 heavy (non-hydrogen) atoms. The maximum atomic E-state index is 6.89. The van der Waals surface area contributed by atoms with Crippen molar-refractivity contribution in [1.82, 2.24) is 0 Å². The Morgan fingerprint density at radius 1 is 0.306 bits per heavy atom. The number of rotatable bonds is 8. The lowest BCUT2D eigenvalue weighted by molar-refractivity contribution is 0.669. The highest BCUT2D eigenvalue weighted by Crippen LogP contribution is 2.51. The second-order valence-electron chi connectivity index (χ2n) is 19.6. The molecule has 0 N–H and O–H groups in total. The molecule has 0 radical (unpaired) electrons. The molecule has 0 spiro atoms. The summed E-state index contributed by atoms with van der Waals surface area (Å²) in [4.78, 5) is 4.92. The first kappa shape index (κ1) is 42.0. The predicted molar refractivity (Wildman–Crippen MR) is 309 cm³/mol. The lowest BCUT2D eigenvalue weighted by Gasteiger charge is -2.36. The molecule has 12 aromatic carbocycles. The third-order valence-corrected chi connectivity index (χ3v) is 18.7. The zero-order valence-electron chi connectivity index (χ0n) is 40.1. The smallest absolute Gasteiger partial charge is 0.159 e. The number of benzene rings is 12. The summed E-state index contributed by atoms with van der Waals surface area (Å²) in [5.41, 5.74) is 15.7. The normalized spacial score (nSPS) is 12.7. The number of hydrogen-bond acceptors (Lipinski definition) is 3. The molecule has 0 saturated heterocycles. The van der Waals surface area contributed by atoms with Gasteiger partial charge in [-0.15, -0.1) is 0 Å². The fourth-order valence-electron chi connectivity index (χ4n) is 11.9. The van der Waals surface area contributed by atoms with Crippen LogP contribution in [0.2, 0.25) is 13.1 Å². The topological polar surface area (TPSA) is 19.6 Å². The predicted octanol–water partition coefficient (Wildman–Crippen LogP) is 18.1. The summed E-state index contributed by atoms with van der Waals surface area (Å²) >= 11 is 0. The van der Waals surface area contributed by atoms with Crippen molar-refractivity contribution in [3.8, 4) is 33.4 Å². The summed E-state index contributed by atoms with van der Waals surface area (Å²) in [5.74, 6) is 0. The minimum atomic E-state index is -2.34. The van der Waals surface area contributed by atoms with Crippen molar-refractivity contribution < 1.29 is 4.42 Å². The molecule has 0 aliphatic carbocycles. The van der Waals surface area contributed by atoms with Gasteiger partial charge >= 0.3 is 0 Å². The van der Waals surface area contributed by atoms with Gasteiger partial charge in [0.15, 0.2) is 5.58 Å². The van der Waals surface area contributed by atoms with Gasteiger partial charge in [0.25, 0.3) is 0 Å². The molecule has 13 aromatic rings. The van der Waals surface area contributed by atoms with E-state index in [1.54, 1.807) is 0 Å². The van der Waals surface area contributed by atoms with E-state index in [4.69, 9.17) is 4.42 Å². The molecule has 0 amide bonds. The summed E-state index contributed by atoms with van der Waals surface area (Å²) in [5, 5.41) is 12.6. The second-order valence-corrected chi connectivity index (χ2v) is 23.9. The first-order valence-corrected chi connectivity index (χ1v) is 27.9. The van der Waals surface area contributed by atoms with Gasteiger partial charge in [-0.3, -0.25) is 0 Å². The molecule has 1 aliphatic heterocycles. The lowest BCUT2D eigenvalue weighted by Crippen LogP contribution is -2.56. The molecule has 14 rings (SSSR count). The summed E-state index contributed by atoms with van der Waals surface area (Å²) in [6.45, 7) is 5.09. The Hall–Kier alpha value is -8.96. The van der Waals surface area contributed by atoms with Crippen LogP contribution in [0.25, 0.3) is 87.6 Å². The molecular formula is C68H48N2OSi. The Balaban J connectivity index is 1.02. The molecule has 3 nitrogen and oxygen atoms in total. The third-order valence-electron chi connectivity index (χ3n) is 15.2. The second kappa shape index (κ2) is 16.6. The van der Waals surface area contributed by atoms with E-state index in [9.17, 15) is 0 Å². The number of anilines is 6. The molecule has 0 atom stereocenters. The Morgan fingerprint density at radius 3 is 1.57 bits per heavy atom. The maximum absolute atomic E-state index is 6.89. The molecule has 1 aromatic heterocycles. The van der Waals surface area contributed by atoms with Crippen molar-refractivity contribution in [3.05, 3.63) is 255 Å². The van der Waals surface area contributed by atoms with Crippen molar-refractivity contribution in [2.45, 2.75) is 13.1 Å². The zero-order chi connectivity index (χ0) is 47.9. The van der Waals surface area contributed by atoms with Crippen molar-refractivity contribution in [3.63, 3.8) is 0 Å². The largest absolute Gasteiger partial charge is 0.454 e. The minimum Gasteiger partial charge on any atom is -0.454 e. The van der Waals surface area contributed by atoms with Crippen LogP contribution in [0.15, 0.2) is 259 Å². The van der Waals surface area contributed by atoms with E-state index in [1.165, 1.54) is 64.9 Å². The molecule has 0 fully saturated rings. The monoisotopic (exact) mass is 936 g/mol. The number of nitrogens with zero attached hydrogens (tertiary/aromatic N) is 2. The van der Waals surface area contributed by atoms with E-state index in [0.717, 1.165) is 67.2 Å². The van der Waals surface area contributed by atoms with Crippen LogP contribution in [0, 0.1) is 0 Å². The molecule has 0 saturated carbocycles. The Bertz CT molecular complexity index is 4260. The van der Waals surface area contributed by atoms with Crippen molar-refractivity contribution >= 4 is 107 Å². The van der Waals surface area contributed by atoms with Crippen LogP contribution in [0.4, 0.5) is 34.1 Å². The number of para-hydroxylation sites is 5. The van der Waals surface area contributed by atoms with E-state index in [1.807, 2.05) is 0 Å². The van der Waals surface area contributed by atoms with Gasteiger partial charge in [-0.05, 0) is 120 Å². The third kappa shape index (κ3) is 6.50. The summed E-state index contributed by atoms with van der Waals surface area (Å²) in [6.07, 6.45) is 0. The summed E-state index contributed by atoms with van der Waals surface area (Å²) < 4.78 is 6.89. The number of fused-ring (bicyclic) bond motifs is 9. The quantitative estimate of drug-likeness (QED) is 0.112. The van der Waals surface area contributed by atoms with Crippen LogP contribution < -0.4 is 20.2 Å². The van der Waals surface area contributed by atoms with Crippen molar-refractivity contribution in [1.29, 1.82) is 0 Å².